The Hall–Kier alpha value is -0.235. The molecule has 0 spiro atoms. The molecule has 0 radical (unpaired) electrons. The highest BCUT2D eigenvalue weighted by Crippen LogP contribution is 2.37. The van der Waals surface area contributed by atoms with Gasteiger partial charge in [-0.25, -0.2) is 0 Å². The number of rotatable bonds is 4. The first-order valence-electron chi connectivity index (χ1n) is 8.93. The Bertz CT molecular complexity index is 604. The Labute approximate surface area is 160 Å². The predicted molar refractivity (Wildman–Crippen MR) is 104 cm³/mol. The van der Waals surface area contributed by atoms with E-state index >= 15 is 0 Å². The minimum Gasteiger partial charge on any atom is -0.399 e. The second-order valence-electron chi connectivity index (χ2n) is 8.00. The van der Waals surface area contributed by atoms with Crippen LogP contribution in [0.2, 0.25) is 5.02 Å². The van der Waals surface area contributed by atoms with Crippen LogP contribution in [-0.4, -0.2) is 35.6 Å². The summed E-state index contributed by atoms with van der Waals surface area (Å²) in [4.78, 5) is 0.972. The molecule has 0 bridgehead atoms. The van der Waals surface area contributed by atoms with E-state index in [9.17, 15) is 5.11 Å². The summed E-state index contributed by atoms with van der Waals surface area (Å²) >= 11 is 7.93. The van der Waals surface area contributed by atoms with Crippen molar-refractivity contribution in [2.75, 3.05) is 0 Å². The Balaban J connectivity index is 1.67. The van der Waals surface area contributed by atoms with Gasteiger partial charge < -0.3 is 14.4 Å². The fourth-order valence-electron chi connectivity index (χ4n) is 3.06. The quantitative estimate of drug-likeness (QED) is 0.615. The van der Waals surface area contributed by atoms with Gasteiger partial charge in [0, 0.05) is 10.9 Å². The van der Waals surface area contributed by atoms with E-state index in [2.05, 4.69) is 32.4 Å². The molecule has 2 fully saturated rings. The smallest absolute Gasteiger partial charge is 0.399 e. The van der Waals surface area contributed by atoms with Gasteiger partial charge in [0.05, 0.1) is 22.3 Å². The maximum Gasteiger partial charge on any atom is 0.494 e. The molecule has 0 unspecified atom stereocenters. The van der Waals surface area contributed by atoms with Crippen molar-refractivity contribution in [2.24, 2.45) is 0 Å². The number of aliphatic hydroxyl groups excluding tert-OH is 1. The highest BCUT2D eigenvalue weighted by Gasteiger charge is 2.51. The Kier molecular flexibility index (Phi) is 5.79. The molecule has 1 aromatic carbocycles. The first-order chi connectivity index (χ1) is 11.7. The van der Waals surface area contributed by atoms with E-state index in [0.29, 0.717) is 11.1 Å². The lowest BCUT2D eigenvalue weighted by molar-refractivity contribution is 0.00578. The summed E-state index contributed by atoms with van der Waals surface area (Å²) in [7, 11) is -0.383. The van der Waals surface area contributed by atoms with Crippen LogP contribution in [0.3, 0.4) is 0 Å². The second-order valence-corrected chi connectivity index (χ2v) is 9.29. The zero-order chi connectivity index (χ0) is 18.2. The Morgan fingerprint density at radius 1 is 1.12 bits per heavy atom. The lowest BCUT2D eigenvalue weighted by Crippen LogP contribution is -2.41. The van der Waals surface area contributed by atoms with Gasteiger partial charge in [-0.15, -0.1) is 0 Å². The lowest BCUT2D eigenvalue weighted by Gasteiger charge is -2.32. The molecule has 4 nitrogen and oxygen atoms in total. The first kappa shape index (κ1) is 19.5. The summed E-state index contributed by atoms with van der Waals surface area (Å²) in [5.41, 5.74) is 0.267. The van der Waals surface area contributed by atoms with Crippen LogP contribution in [0.4, 0.5) is 0 Å². The molecule has 0 atom stereocenters. The molecule has 2 N–H and O–H groups in total. The topological polar surface area (TPSA) is 50.7 Å². The van der Waals surface area contributed by atoms with Crippen molar-refractivity contribution in [1.29, 1.82) is 0 Å². The summed E-state index contributed by atoms with van der Waals surface area (Å²) < 4.78 is 15.7. The number of halogens is 1. The highest BCUT2D eigenvalue weighted by molar-refractivity contribution is 7.97. The van der Waals surface area contributed by atoms with Gasteiger partial charge in [0.15, 0.2) is 0 Å². The summed E-state index contributed by atoms with van der Waals surface area (Å²) in [6.07, 6.45) is 3.56. The van der Waals surface area contributed by atoms with Crippen molar-refractivity contribution in [3.8, 4) is 0 Å². The van der Waals surface area contributed by atoms with Crippen LogP contribution < -0.4 is 10.2 Å². The predicted octanol–water partition coefficient (Wildman–Crippen LogP) is 3.54. The third-order valence-electron chi connectivity index (χ3n) is 5.51. The molecule has 0 aromatic heterocycles. The molecule has 1 saturated heterocycles. The molecule has 3 rings (SSSR count). The van der Waals surface area contributed by atoms with Crippen LogP contribution in [0.25, 0.3) is 0 Å². The monoisotopic (exact) mass is 383 g/mol. The van der Waals surface area contributed by atoms with Gasteiger partial charge in [-0.2, -0.15) is 0 Å². The van der Waals surface area contributed by atoms with Crippen molar-refractivity contribution in [3.63, 3.8) is 0 Å². The molecule has 1 aromatic rings. The van der Waals surface area contributed by atoms with Crippen molar-refractivity contribution in [1.82, 2.24) is 4.72 Å². The molecular formula is C18H27BClNO3S. The van der Waals surface area contributed by atoms with Gasteiger partial charge in [-0.05, 0) is 82.9 Å². The molecule has 7 heteroatoms. The summed E-state index contributed by atoms with van der Waals surface area (Å²) in [5, 5.41) is 10.3. The van der Waals surface area contributed by atoms with Crippen molar-refractivity contribution >= 4 is 36.1 Å². The number of hydrogen-bond donors (Lipinski definition) is 2. The molecule has 1 saturated carbocycles. The van der Waals surface area contributed by atoms with Crippen molar-refractivity contribution in [2.45, 2.75) is 81.6 Å². The summed E-state index contributed by atoms with van der Waals surface area (Å²) in [6.45, 7) is 8.21. The van der Waals surface area contributed by atoms with E-state index in [4.69, 9.17) is 20.9 Å². The highest BCUT2D eigenvalue weighted by atomic mass is 35.5. The fourth-order valence-corrected chi connectivity index (χ4v) is 4.19. The summed E-state index contributed by atoms with van der Waals surface area (Å²) in [5.74, 6) is 0. The summed E-state index contributed by atoms with van der Waals surface area (Å²) in [6, 6.07) is 6.31. The van der Waals surface area contributed by atoms with Crippen LogP contribution >= 0.6 is 23.5 Å². The maximum absolute atomic E-state index is 9.62. The minimum absolute atomic E-state index is 0.140. The van der Waals surface area contributed by atoms with Crippen molar-refractivity contribution < 1.29 is 14.4 Å². The minimum atomic E-state index is -0.383. The largest absolute Gasteiger partial charge is 0.494 e. The number of benzene rings is 1. The zero-order valence-electron chi connectivity index (χ0n) is 15.3. The molecule has 2 aliphatic rings. The van der Waals surface area contributed by atoms with Crippen LogP contribution in [0.15, 0.2) is 23.1 Å². The molecule has 25 heavy (non-hydrogen) atoms. The van der Waals surface area contributed by atoms with Gasteiger partial charge in [0.25, 0.3) is 0 Å². The van der Waals surface area contributed by atoms with E-state index in [1.165, 1.54) is 0 Å². The second kappa shape index (κ2) is 7.41. The molecular weight excluding hydrogens is 357 g/mol. The van der Waals surface area contributed by atoms with Crippen LogP contribution in [0.5, 0.6) is 0 Å². The third kappa shape index (κ3) is 4.37. The van der Waals surface area contributed by atoms with Gasteiger partial charge in [0.1, 0.15) is 0 Å². The average molecular weight is 384 g/mol. The standard InChI is InChI=1S/C18H27BClNO3S/c1-17(2)18(3,4)24-19(23-17)12-5-10-15(20)16(11-12)25-21-13-6-8-14(22)9-7-13/h5,10-11,13-14,21-22H,6-9H2,1-4H3. The third-order valence-corrected chi connectivity index (χ3v) is 6.96. The van der Waals surface area contributed by atoms with E-state index in [-0.39, 0.29) is 24.4 Å². The van der Waals surface area contributed by atoms with Crippen LogP contribution in [-0.2, 0) is 9.31 Å². The molecule has 138 valence electrons. The van der Waals surface area contributed by atoms with Gasteiger partial charge in [-0.1, -0.05) is 17.7 Å². The Morgan fingerprint density at radius 2 is 1.72 bits per heavy atom. The lowest BCUT2D eigenvalue weighted by atomic mass is 9.79. The van der Waals surface area contributed by atoms with Gasteiger partial charge in [0.2, 0.25) is 0 Å². The number of hydrogen-bond acceptors (Lipinski definition) is 5. The van der Waals surface area contributed by atoms with Crippen LogP contribution in [0, 0.1) is 0 Å². The van der Waals surface area contributed by atoms with Gasteiger partial charge in [-0.3, -0.25) is 4.72 Å². The number of aliphatic hydroxyl groups is 1. The van der Waals surface area contributed by atoms with Crippen LogP contribution in [0.1, 0.15) is 53.4 Å². The van der Waals surface area contributed by atoms with Gasteiger partial charge >= 0.3 is 7.12 Å². The average Bonchev–Trinajstić information content (AvgIpc) is 2.76. The molecule has 1 aliphatic heterocycles. The van der Waals surface area contributed by atoms with E-state index in [0.717, 1.165) is 36.0 Å². The first-order valence-corrected chi connectivity index (χ1v) is 10.1. The normalized spacial score (nSPS) is 28.3. The van der Waals surface area contributed by atoms with Crippen molar-refractivity contribution in [3.05, 3.63) is 23.2 Å². The molecule has 1 aliphatic carbocycles. The van der Waals surface area contributed by atoms with E-state index < -0.39 is 0 Å². The SMILES string of the molecule is CC1(C)OB(c2ccc(Cl)c(SNC3CCC(O)CC3)c2)OC1(C)C. The van der Waals surface area contributed by atoms with E-state index in [1.807, 2.05) is 18.2 Å². The number of nitrogens with one attached hydrogen (secondary N) is 1. The fraction of sp³-hybridized carbons (Fsp3) is 0.667. The maximum atomic E-state index is 9.62. The van der Waals surface area contributed by atoms with E-state index in [1.54, 1.807) is 11.9 Å². The zero-order valence-corrected chi connectivity index (χ0v) is 16.9. The Morgan fingerprint density at radius 3 is 2.32 bits per heavy atom. The molecule has 1 heterocycles. The molecule has 0 amide bonds.